The van der Waals surface area contributed by atoms with E-state index in [-0.39, 0.29) is 23.2 Å². The van der Waals surface area contributed by atoms with Gasteiger partial charge in [-0.1, -0.05) is 109 Å². The number of allylic oxidation sites excluding steroid dienone is 2. The molecule has 8 aromatic rings. The molecule has 9 heteroatoms. The molecule has 0 fully saturated rings. The summed E-state index contributed by atoms with van der Waals surface area (Å²) < 4.78 is 50.6. The Morgan fingerprint density at radius 3 is 1.63 bits per heavy atom. The number of rotatable bonds is 7. The van der Waals surface area contributed by atoms with Crippen LogP contribution in [0.15, 0.2) is 182 Å². The van der Waals surface area contributed by atoms with Crippen LogP contribution in [0.2, 0.25) is 0 Å². The molecule has 10 rings (SSSR count). The zero-order valence-corrected chi connectivity index (χ0v) is 28.7. The third kappa shape index (κ3) is 5.20. The zero-order valence-electron chi connectivity index (χ0n) is 28.7. The van der Waals surface area contributed by atoms with E-state index >= 15 is 8.63 Å². The van der Waals surface area contributed by atoms with Gasteiger partial charge in [-0.25, -0.2) is 9.97 Å². The second-order valence-electron chi connectivity index (χ2n) is 13.2. The number of halogens is 2. The molecule has 0 saturated carbocycles. The van der Waals surface area contributed by atoms with E-state index in [2.05, 4.69) is 9.97 Å². The van der Waals surface area contributed by atoms with Crippen molar-refractivity contribution in [3.63, 3.8) is 0 Å². The summed E-state index contributed by atoms with van der Waals surface area (Å²) in [7, 11) is 0. The summed E-state index contributed by atoms with van der Waals surface area (Å²) in [5.74, 6) is 1.37. The maximum Gasteiger partial charge on any atom is 0.737 e. The lowest BCUT2D eigenvalue weighted by Gasteiger charge is -2.34. The number of hydrogen-bond donors (Lipinski definition) is 0. The SMILES string of the molecule is F[B-]1(F)n2c(ccc2-c2ccccc2)C(c2c(Oc3ccc4ccccc4c3)ncnc2Oc2ccc3ccccc3c2)=C2C=CC(c3ccccc3)=[N+]21. The number of nitrogens with zero attached hydrogens (tertiary/aromatic N) is 4. The van der Waals surface area contributed by atoms with E-state index in [4.69, 9.17) is 9.47 Å². The molecule has 2 aromatic heterocycles. The minimum atomic E-state index is -4.42. The maximum atomic E-state index is 17.5. The van der Waals surface area contributed by atoms with Gasteiger partial charge in [0.1, 0.15) is 23.4 Å². The molecule has 0 radical (unpaired) electrons. The van der Waals surface area contributed by atoms with Crippen molar-refractivity contribution in [2.24, 2.45) is 0 Å². The molecule has 0 bridgehead atoms. The summed E-state index contributed by atoms with van der Waals surface area (Å²) in [6.07, 6.45) is 4.85. The largest absolute Gasteiger partial charge is 0.737 e. The molecule has 0 atom stereocenters. The van der Waals surface area contributed by atoms with Crippen molar-refractivity contribution in [2.45, 2.75) is 0 Å². The van der Waals surface area contributed by atoms with Crippen LogP contribution in [0.1, 0.15) is 16.8 Å². The van der Waals surface area contributed by atoms with Crippen LogP contribution in [0.4, 0.5) is 8.63 Å². The molecule has 0 spiro atoms. The van der Waals surface area contributed by atoms with Crippen LogP contribution in [-0.4, -0.2) is 31.6 Å². The first-order valence-corrected chi connectivity index (χ1v) is 17.7. The Bertz CT molecular complexity index is 2770. The molecule has 0 aliphatic carbocycles. The highest BCUT2D eigenvalue weighted by Crippen LogP contribution is 2.48. The fraction of sp³-hybridized carbons (Fsp3) is 0. The first-order chi connectivity index (χ1) is 26.5. The summed E-state index contributed by atoms with van der Waals surface area (Å²) in [6, 6.07) is 49.5. The summed E-state index contributed by atoms with van der Waals surface area (Å²) in [5.41, 5.74) is 3.41. The van der Waals surface area contributed by atoms with Crippen LogP contribution < -0.4 is 9.47 Å². The van der Waals surface area contributed by atoms with E-state index in [1.807, 2.05) is 146 Å². The topological polar surface area (TPSA) is 52.2 Å². The molecule has 54 heavy (non-hydrogen) atoms. The molecule has 0 N–H and O–H groups in total. The smallest absolute Gasteiger partial charge is 0.438 e. The predicted molar refractivity (Wildman–Crippen MR) is 209 cm³/mol. The predicted octanol–water partition coefficient (Wildman–Crippen LogP) is 10.9. The fourth-order valence-electron chi connectivity index (χ4n) is 7.57. The normalized spacial score (nSPS) is 14.4. The van der Waals surface area contributed by atoms with Crippen LogP contribution in [-0.2, 0) is 0 Å². The van der Waals surface area contributed by atoms with E-state index < -0.39 is 6.97 Å². The van der Waals surface area contributed by atoms with Crippen molar-refractivity contribution in [3.8, 4) is 34.5 Å². The molecular weight excluding hydrogens is 677 g/mol. The first kappa shape index (κ1) is 31.6. The van der Waals surface area contributed by atoms with Crippen LogP contribution in [0.5, 0.6) is 23.3 Å². The van der Waals surface area contributed by atoms with Crippen molar-refractivity contribution in [1.82, 2.24) is 14.4 Å². The second kappa shape index (κ2) is 12.5. The van der Waals surface area contributed by atoms with E-state index in [1.54, 1.807) is 24.3 Å². The quantitative estimate of drug-likeness (QED) is 0.155. The fourth-order valence-corrected chi connectivity index (χ4v) is 7.57. The third-order valence-electron chi connectivity index (χ3n) is 10.0. The molecule has 258 valence electrons. The van der Waals surface area contributed by atoms with Gasteiger partial charge in [0.05, 0.1) is 5.57 Å². The molecule has 2 aliphatic heterocycles. The van der Waals surface area contributed by atoms with Crippen LogP contribution in [0.25, 0.3) is 38.4 Å². The third-order valence-corrected chi connectivity index (χ3v) is 10.0. The molecular formula is C45H29BF2N4O2. The van der Waals surface area contributed by atoms with Crippen molar-refractivity contribution in [1.29, 1.82) is 0 Å². The molecule has 6 nitrogen and oxygen atoms in total. The Balaban J connectivity index is 1.25. The van der Waals surface area contributed by atoms with Gasteiger partial charge in [0.25, 0.3) is 0 Å². The minimum absolute atomic E-state index is 0.159. The average Bonchev–Trinajstić information content (AvgIpc) is 3.87. The van der Waals surface area contributed by atoms with Crippen molar-refractivity contribution < 1.29 is 22.6 Å². The lowest BCUT2D eigenvalue weighted by molar-refractivity contribution is -0.360. The van der Waals surface area contributed by atoms with Gasteiger partial charge in [-0.2, -0.15) is 0 Å². The average molecular weight is 707 g/mol. The van der Waals surface area contributed by atoms with Crippen LogP contribution >= 0.6 is 0 Å². The molecule has 2 aliphatic rings. The summed E-state index contributed by atoms with van der Waals surface area (Å²) >= 11 is 0. The Labute approximate surface area is 309 Å². The number of hydrogen-bond acceptors (Lipinski definition) is 4. The highest BCUT2D eigenvalue weighted by atomic mass is 19.2. The molecule has 0 amide bonds. The van der Waals surface area contributed by atoms with Gasteiger partial charge < -0.3 is 27.1 Å². The van der Waals surface area contributed by atoms with E-state index in [9.17, 15) is 0 Å². The highest BCUT2D eigenvalue weighted by molar-refractivity contribution is 6.59. The first-order valence-electron chi connectivity index (χ1n) is 17.7. The van der Waals surface area contributed by atoms with Gasteiger partial charge in [-0.3, -0.25) is 0 Å². The maximum absolute atomic E-state index is 17.5. The number of aromatic nitrogens is 3. The van der Waals surface area contributed by atoms with Gasteiger partial charge in [0, 0.05) is 29.1 Å². The second-order valence-corrected chi connectivity index (χ2v) is 13.2. The van der Waals surface area contributed by atoms with E-state index in [0.29, 0.717) is 45.2 Å². The van der Waals surface area contributed by atoms with Gasteiger partial charge >= 0.3 is 6.97 Å². The summed E-state index contributed by atoms with van der Waals surface area (Å²) in [5, 5.41) is 4.07. The Kier molecular flexibility index (Phi) is 7.33. The van der Waals surface area contributed by atoms with Crippen molar-refractivity contribution in [2.75, 3.05) is 0 Å². The number of fused-ring (bicyclic) bond motifs is 4. The van der Waals surface area contributed by atoms with Crippen LogP contribution in [0.3, 0.4) is 0 Å². The van der Waals surface area contributed by atoms with Gasteiger partial charge in [-0.15, -0.1) is 0 Å². The monoisotopic (exact) mass is 706 g/mol. The Hall–Kier alpha value is -7.13. The Morgan fingerprint density at radius 2 is 1.04 bits per heavy atom. The Morgan fingerprint density at radius 1 is 0.519 bits per heavy atom. The number of ether oxygens (including phenoxy) is 2. The van der Waals surface area contributed by atoms with Crippen LogP contribution in [0, 0.1) is 0 Å². The minimum Gasteiger partial charge on any atom is -0.438 e. The standard InChI is InChI=1S/C45H29BF2N4O2/c47-46(48)51-38(32-13-3-1-4-14-32)23-25-40(51)42(41-26-24-39(52(41)46)33-15-5-2-6-16-33)43-44(53-36-21-19-30-11-7-9-17-34(30)27-36)49-29-50-45(43)54-37-22-20-31-12-8-10-18-35(31)28-37/h1-29H. The zero-order chi connectivity index (χ0) is 36.2. The van der Waals surface area contributed by atoms with Crippen molar-refractivity contribution >= 4 is 39.8 Å². The molecule has 0 saturated heterocycles. The van der Waals surface area contributed by atoms with E-state index in [0.717, 1.165) is 30.5 Å². The van der Waals surface area contributed by atoms with Gasteiger partial charge in [0.15, 0.2) is 11.4 Å². The van der Waals surface area contributed by atoms with Crippen molar-refractivity contribution in [3.05, 3.63) is 199 Å². The molecule has 6 aromatic carbocycles. The summed E-state index contributed by atoms with van der Waals surface area (Å²) in [6.45, 7) is -4.42. The highest BCUT2D eigenvalue weighted by Gasteiger charge is 2.55. The molecule has 4 heterocycles. The summed E-state index contributed by atoms with van der Waals surface area (Å²) in [4.78, 5) is 9.32. The lowest BCUT2D eigenvalue weighted by atomic mass is 9.85. The van der Waals surface area contributed by atoms with E-state index in [1.165, 1.54) is 6.33 Å². The molecule has 0 unspecified atom stereocenters. The number of benzene rings is 6. The lowest BCUT2D eigenvalue weighted by Crippen LogP contribution is -2.51. The van der Waals surface area contributed by atoms with Gasteiger partial charge in [-0.05, 0) is 75.6 Å². The van der Waals surface area contributed by atoms with Gasteiger partial charge in [0.2, 0.25) is 11.8 Å².